The van der Waals surface area contributed by atoms with Crippen molar-refractivity contribution < 1.29 is 4.79 Å². The van der Waals surface area contributed by atoms with Crippen LogP contribution in [0.2, 0.25) is 0 Å². The average molecular weight is 271 g/mol. The number of hydrogen-bond donors (Lipinski definition) is 1. The van der Waals surface area contributed by atoms with Crippen molar-refractivity contribution in [2.75, 3.05) is 0 Å². The van der Waals surface area contributed by atoms with E-state index in [1.165, 1.54) is 0 Å². The summed E-state index contributed by atoms with van der Waals surface area (Å²) in [4.78, 5) is 15.7. The molecule has 1 amide bonds. The van der Waals surface area contributed by atoms with Gasteiger partial charge in [0.1, 0.15) is 4.60 Å². The lowest BCUT2D eigenvalue weighted by atomic mass is 10.2. The molecule has 15 heavy (non-hydrogen) atoms. The summed E-state index contributed by atoms with van der Waals surface area (Å²) in [5.74, 6) is -0.0593. The smallest absolute Gasteiger partial charge is 0.253 e. The zero-order chi connectivity index (χ0) is 11.3. The number of amides is 1. The standard InChI is InChI=1S/C11H15BrN2O/c1-3-4-8(2)14-11(15)9-5-6-10(12)13-7-9/h5-8H,3-4H2,1-2H3,(H,14,15). The molecular formula is C11H15BrN2O. The average Bonchev–Trinajstić information content (AvgIpc) is 2.18. The van der Waals surface area contributed by atoms with Crippen molar-refractivity contribution in [1.29, 1.82) is 0 Å². The maximum Gasteiger partial charge on any atom is 0.253 e. The van der Waals surface area contributed by atoms with Gasteiger partial charge in [-0.15, -0.1) is 0 Å². The van der Waals surface area contributed by atoms with Gasteiger partial charge in [0.05, 0.1) is 5.56 Å². The van der Waals surface area contributed by atoms with Crippen molar-refractivity contribution in [3.63, 3.8) is 0 Å². The minimum absolute atomic E-state index is 0.0593. The van der Waals surface area contributed by atoms with E-state index in [0.717, 1.165) is 17.4 Å². The van der Waals surface area contributed by atoms with Gasteiger partial charge in [0, 0.05) is 12.2 Å². The highest BCUT2D eigenvalue weighted by atomic mass is 79.9. The third-order valence-electron chi connectivity index (χ3n) is 2.09. The Morgan fingerprint density at radius 2 is 2.33 bits per heavy atom. The van der Waals surface area contributed by atoms with Gasteiger partial charge < -0.3 is 5.32 Å². The Kier molecular flexibility index (Phi) is 4.75. The molecule has 0 aliphatic rings. The van der Waals surface area contributed by atoms with Crippen LogP contribution in [0.15, 0.2) is 22.9 Å². The second-order valence-electron chi connectivity index (χ2n) is 3.53. The molecule has 1 rings (SSSR count). The van der Waals surface area contributed by atoms with Crippen LogP contribution < -0.4 is 5.32 Å². The first kappa shape index (κ1) is 12.2. The molecule has 0 spiro atoms. The lowest BCUT2D eigenvalue weighted by Gasteiger charge is -2.12. The van der Waals surface area contributed by atoms with Crippen LogP contribution >= 0.6 is 15.9 Å². The van der Waals surface area contributed by atoms with Crippen molar-refractivity contribution in [3.8, 4) is 0 Å². The first-order valence-electron chi connectivity index (χ1n) is 5.06. The molecule has 1 atom stereocenters. The summed E-state index contributed by atoms with van der Waals surface area (Å²) < 4.78 is 0.737. The number of pyridine rings is 1. The number of carbonyl (C=O) groups is 1. The molecule has 0 aliphatic carbocycles. The number of hydrogen-bond acceptors (Lipinski definition) is 2. The zero-order valence-corrected chi connectivity index (χ0v) is 10.5. The van der Waals surface area contributed by atoms with Crippen molar-refractivity contribution >= 4 is 21.8 Å². The minimum atomic E-state index is -0.0593. The van der Waals surface area contributed by atoms with Gasteiger partial charge in [0.2, 0.25) is 0 Å². The number of carbonyl (C=O) groups excluding carboxylic acids is 1. The van der Waals surface area contributed by atoms with Crippen molar-refractivity contribution in [3.05, 3.63) is 28.5 Å². The van der Waals surface area contributed by atoms with E-state index in [2.05, 4.69) is 33.2 Å². The van der Waals surface area contributed by atoms with Gasteiger partial charge >= 0.3 is 0 Å². The molecule has 0 aromatic carbocycles. The van der Waals surface area contributed by atoms with Crippen molar-refractivity contribution in [1.82, 2.24) is 10.3 Å². The molecule has 0 saturated heterocycles. The monoisotopic (exact) mass is 270 g/mol. The van der Waals surface area contributed by atoms with Crippen LogP contribution in [0.25, 0.3) is 0 Å². The van der Waals surface area contributed by atoms with Gasteiger partial charge in [-0.2, -0.15) is 0 Å². The number of nitrogens with zero attached hydrogens (tertiary/aromatic N) is 1. The highest BCUT2D eigenvalue weighted by Gasteiger charge is 2.08. The molecule has 1 N–H and O–H groups in total. The van der Waals surface area contributed by atoms with E-state index < -0.39 is 0 Å². The molecular weight excluding hydrogens is 256 g/mol. The highest BCUT2D eigenvalue weighted by molar-refractivity contribution is 9.10. The summed E-state index contributed by atoms with van der Waals surface area (Å²) >= 11 is 3.23. The number of aromatic nitrogens is 1. The molecule has 4 heteroatoms. The van der Waals surface area contributed by atoms with E-state index in [0.29, 0.717) is 5.56 Å². The van der Waals surface area contributed by atoms with E-state index in [9.17, 15) is 4.79 Å². The topological polar surface area (TPSA) is 42.0 Å². The van der Waals surface area contributed by atoms with Crippen LogP contribution in [0.3, 0.4) is 0 Å². The maximum absolute atomic E-state index is 11.7. The maximum atomic E-state index is 11.7. The SMILES string of the molecule is CCCC(C)NC(=O)c1ccc(Br)nc1. The predicted octanol–water partition coefficient (Wildman–Crippen LogP) is 2.76. The van der Waals surface area contributed by atoms with E-state index in [1.54, 1.807) is 18.3 Å². The van der Waals surface area contributed by atoms with Crippen LogP contribution in [-0.4, -0.2) is 16.9 Å². The molecule has 82 valence electrons. The number of rotatable bonds is 4. The summed E-state index contributed by atoms with van der Waals surface area (Å²) in [6.45, 7) is 4.11. The quantitative estimate of drug-likeness (QED) is 0.855. The summed E-state index contributed by atoms with van der Waals surface area (Å²) in [5.41, 5.74) is 0.598. The summed E-state index contributed by atoms with van der Waals surface area (Å²) in [5, 5.41) is 2.92. The van der Waals surface area contributed by atoms with Crippen LogP contribution in [0, 0.1) is 0 Å². The Bertz CT molecular complexity index is 324. The number of nitrogens with one attached hydrogen (secondary N) is 1. The lowest BCUT2D eigenvalue weighted by Crippen LogP contribution is -2.32. The fourth-order valence-electron chi connectivity index (χ4n) is 1.32. The molecule has 0 bridgehead atoms. The predicted molar refractivity (Wildman–Crippen MR) is 63.8 cm³/mol. The fourth-order valence-corrected chi connectivity index (χ4v) is 1.56. The number of halogens is 1. The molecule has 3 nitrogen and oxygen atoms in total. The Morgan fingerprint density at radius 1 is 1.60 bits per heavy atom. The zero-order valence-electron chi connectivity index (χ0n) is 8.96. The first-order valence-corrected chi connectivity index (χ1v) is 5.85. The molecule has 0 saturated carbocycles. The van der Waals surface area contributed by atoms with Crippen LogP contribution in [0.5, 0.6) is 0 Å². The van der Waals surface area contributed by atoms with Gasteiger partial charge in [-0.1, -0.05) is 13.3 Å². The minimum Gasteiger partial charge on any atom is -0.350 e. The van der Waals surface area contributed by atoms with Crippen LogP contribution in [0.1, 0.15) is 37.0 Å². The summed E-state index contributed by atoms with van der Waals surface area (Å²) in [6.07, 6.45) is 3.63. The Morgan fingerprint density at radius 3 is 2.87 bits per heavy atom. The second-order valence-corrected chi connectivity index (χ2v) is 4.35. The molecule has 1 unspecified atom stereocenters. The third-order valence-corrected chi connectivity index (χ3v) is 2.56. The van der Waals surface area contributed by atoms with E-state index >= 15 is 0 Å². The molecule has 0 aliphatic heterocycles. The molecule has 0 radical (unpaired) electrons. The molecule has 1 heterocycles. The Balaban J connectivity index is 2.57. The Labute approximate surface area is 98.4 Å². The van der Waals surface area contributed by atoms with E-state index in [4.69, 9.17) is 0 Å². The van der Waals surface area contributed by atoms with Crippen LogP contribution in [0.4, 0.5) is 0 Å². The van der Waals surface area contributed by atoms with Gasteiger partial charge in [0.15, 0.2) is 0 Å². The van der Waals surface area contributed by atoms with Gasteiger partial charge in [-0.3, -0.25) is 4.79 Å². The van der Waals surface area contributed by atoms with Gasteiger partial charge in [-0.05, 0) is 41.4 Å². The second kappa shape index (κ2) is 5.85. The highest BCUT2D eigenvalue weighted by Crippen LogP contribution is 2.06. The largest absolute Gasteiger partial charge is 0.350 e. The molecule has 1 aromatic heterocycles. The van der Waals surface area contributed by atoms with Crippen molar-refractivity contribution in [2.45, 2.75) is 32.7 Å². The fraction of sp³-hybridized carbons (Fsp3) is 0.455. The third kappa shape index (κ3) is 4.00. The summed E-state index contributed by atoms with van der Waals surface area (Å²) in [6, 6.07) is 3.73. The Hall–Kier alpha value is -0.900. The molecule has 0 fully saturated rings. The first-order chi connectivity index (χ1) is 7.13. The van der Waals surface area contributed by atoms with Crippen molar-refractivity contribution in [2.24, 2.45) is 0 Å². The van der Waals surface area contributed by atoms with Gasteiger partial charge in [-0.25, -0.2) is 4.98 Å². The lowest BCUT2D eigenvalue weighted by molar-refractivity contribution is 0.0938. The normalized spacial score (nSPS) is 12.2. The summed E-state index contributed by atoms with van der Waals surface area (Å²) in [7, 11) is 0. The van der Waals surface area contributed by atoms with Crippen LogP contribution in [-0.2, 0) is 0 Å². The molecule has 1 aromatic rings. The van der Waals surface area contributed by atoms with E-state index in [-0.39, 0.29) is 11.9 Å². The van der Waals surface area contributed by atoms with Gasteiger partial charge in [0.25, 0.3) is 5.91 Å². The van der Waals surface area contributed by atoms with E-state index in [1.807, 2.05) is 6.92 Å².